The number of methoxy groups -OCH3 is 1. The number of carbonyl (C=O) groups excluding carboxylic acids is 1. The number of nitrogens with zero attached hydrogens (tertiary/aromatic N) is 4. The summed E-state index contributed by atoms with van der Waals surface area (Å²) in [5.41, 5.74) is 0.492. The highest BCUT2D eigenvalue weighted by Crippen LogP contribution is 2.43. The molecule has 0 bridgehead atoms. The van der Waals surface area contributed by atoms with Gasteiger partial charge >= 0.3 is 12.1 Å². The third kappa shape index (κ3) is 5.41. The predicted octanol–water partition coefficient (Wildman–Crippen LogP) is 6.35. The van der Waals surface area contributed by atoms with Crippen molar-refractivity contribution in [2.24, 2.45) is 10.9 Å². The van der Waals surface area contributed by atoms with Gasteiger partial charge in [-0.05, 0) is 36.8 Å². The van der Waals surface area contributed by atoms with Crippen molar-refractivity contribution >= 4 is 23.3 Å². The molecule has 3 aliphatic rings. The fourth-order valence-electron chi connectivity index (χ4n) is 5.28. The van der Waals surface area contributed by atoms with E-state index in [4.69, 9.17) is 4.74 Å². The van der Waals surface area contributed by atoms with E-state index < -0.39 is 29.6 Å². The first kappa shape index (κ1) is 27.7. The van der Waals surface area contributed by atoms with Gasteiger partial charge < -0.3 is 19.4 Å². The molecule has 0 radical (unpaired) electrons. The molecule has 1 aliphatic carbocycles. The molecular formula is C29H29F5N4O2. The molecule has 0 N–H and O–H groups in total. The number of anilines is 1. The van der Waals surface area contributed by atoms with Crippen molar-refractivity contribution in [1.29, 1.82) is 0 Å². The maximum Gasteiger partial charge on any atom is 0.416 e. The van der Waals surface area contributed by atoms with Crippen molar-refractivity contribution in [3.05, 3.63) is 83.1 Å². The summed E-state index contributed by atoms with van der Waals surface area (Å²) in [5.74, 6) is -1.31. The zero-order valence-corrected chi connectivity index (χ0v) is 22.1. The number of esters is 1. The number of carbonyl (C=O) groups is 1. The van der Waals surface area contributed by atoms with Crippen LogP contribution in [-0.2, 0) is 15.7 Å². The number of hydrogen-bond acceptors (Lipinski definition) is 6. The van der Waals surface area contributed by atoms with E-state index in [1.54, 1.807) is 11.0 Å². The number of para-hydroxylation sites is 1. The van der Waals surface area contributed by atoms with Gasteiger partial charge in [-0.15, -0.1) is 0 Å². The molecule has 5 rings (SSSR count). The minimum absolute atomic E-state index is 0.0334. The number of hydrogen-bond donors (Lipinski definition) is 0. The summed E-state index contributed by atoms with van der Waals surface area (Å²) >= 11 is 0. The molecule has 1 fully saturated rings. The Bertz CT molecular complexity index is 1380. The van der Waals surface area contributed by atoms with Crippen LogP contribution in [0.5, 0.6) is 0 Å². The van der Waals surface area contributed by atoms with E-state index in [1.165, 1.54) is 37.5 Å². The van der Waals surface area contributed by atoms with Gasteiger partial charge in [-0.3, -0.25) is 4.79 Å². The Hall–Kier alpha value is -3.89. The Balaban J connectivity index is 1.54. The van der Waals surface area contributed by atoms with E-state index in [1.807, 2.05) is 22.8 Å². The van der Waals surface area contributed by atoms with Crippen LogP contribution in [0.2, 0.25) is 0 Å². The van der Waals surface area contributed by atoms with E-state index in [0.717, 1.165) is 17.8 Å². The maximum atomic E-state index is 15.1. The van der Waals surface area contributed by atoms with E-state index in [-0.39, 0.29) is 35.5 Å². The van der Waals surface area contributed by atoms with Crippen molar-refractivity contribution in [2.75, 3.05) is 38.2 Å². The van der Waals surface area contributed by atoms with Gasteiger partial charge in [0.1, 0.15) is 17.3 Å². The van der Waals surface area contributed by atoms with Crippen LogP contribution in [0.25, 0.3) is 0 Å². The zero-order valence-electron chi connectivity index (χ0n) is 22.1. The lowest BCUT2D eigenvalue weighted by Crippen LogP contribution is -2.55. The first-order chi connectivity index (χ1) is 19.1. The fourth-order valence-corrected chi connectivity index (χ4v) is 5.28. The summed E-state index contributed by atoms with van der Waals surface area (Å²) in [7, 11) is 1.22. The molecule has 212 valence electrons. The first-order valence-electron chi connectivity index (χ1n) is 13.0. The summed E-state index contributed by atoms with van der Waals surface area (Å²) in [5, 5.41) is 0. The van der Waals surface area contributed by atoms with Crippen LogP contribution in [0, 0.1) is 11.7 Å². The number of guanidine groups is 1. The lowest BCUT2D eigenvalue weighted by atomic mass is 9.96. The van der Waals surface area contributed by atoms with Gasteiger partial charge in [0.15, 0.2) is 0 Å². The topological polar surface area (TPSA) is 48.4 Å². The SMILES string of the molecule is COC(=O)CC1c2cccc(F)c2N=C(N2CCN(C3=CCC(C)C(F)=C3)CC2)N1c1cccc(C(F)(F)F)c1. The molecule has 0 aromatic heterocycles. The van der Waals surface area contributed by atoms with Crippen molar-refractivity contribution in [3.8, 4) is 0 Å². The van der Waals surface area contributed by atoms with Gasteiger partial charge in [0.05, 0.1) is 25.1 Å². The van der Waals surface area contributed by atoms with Crippen LogP contribution in [0.1, 0.15) is 36.9 Å². The number of benzene rings is 2. The van der Waals surface area contributed by atoms with Gasteiger partial charge in [-0.25, -0.2) is 13.8 Å². The van der Waals surface area contributed by atoms with Crippen LogP contribution < -0.4 is 4.90 Å². The number of aliphatic imine (C=N–C) groups is 1. The number of piperazine rings is 1. The van der Waals surface area contributed by atoms with Gasteiger partial charge in [0.25, 0.3) is 0 Å². The van der Waals surface area contributed by atoms with Gasteiger partial charge in [-0.2, -0.15) is 13.2 Å². The maximum absolute atomic E-state index is 15.1. The molecule has 0 saturated carbocycles. The monoisotopic (exact) mass is 560 g/mol. The number of allylic oxidation sites excluding steroid dienone is 3. The molecular weight excluding hydrogens is 531 g/mol. The Morgan fingerprint density at radius 3 is 2.42 bits per heavy atom. The van der Waals surface area contributed by atoms with E-state index in [0.29, 0.717) is 38.2 Å². The molecule has 0 amide bonds. The number of halogens is 5. The number of rotatable bonds is 4. The third-order valence-electron chi connectivity index (χ3n) is 7.52. The van der Waals surface area contributed by atoms with Crippen molar-refractivity contribution in [3.63, 3.8) is 0 Å². The van der Waals surface area contributed by atoms with Gasteiger partial charge in [-0.1, -0.05) is 31.2 Å². The normalized spacial score (nSPS) is 21.4. The van der Waals surface area contributed by atoms with E-state index in [2.05, 4.69) is 4.99 Å². The smallest absolute Gasteiger partial charge is 0.416 e. The molecule has 1 saturated heterocycles. The summed E-state index contributed by atoms with van der Waals surface area (Å²) in [6.07, 6.45) is -0.704. The van der Waals surface area contributed by atoms with Crippen molar-refractivity contribution in [1.82, 2.24) is 9.80 Å². The molecule has 2 atom stereocenters. The number of fused-ring (bicyclic) bond motifs is 1. The fraction of sp³-hybridized carbons (Fsp3) is 0.379. The minimum atomic E-state index is -4.59. The molecule has 2 unspecified atom stereocenters. The Morgan fingerprint density at radius 2 is 1.75 bits per heavy atom. The molecule has 2 aromatic carbocycles. The van der Waals surface area contributed by atoms with Crippen molar-refractivity contribution in [2.45, 2.75) is 32.0 Å². The molecule has 6 nitrogen and oxygen atoms in total. The highest BCUT2D eigenvalue weighted by Gasteiger charge is 2.39. The molecule has 2 heterocycles. The standard InChI is InChI=1S/C29H29F5N4O2/c1-18-9-10-20(16-24(18)31)36-11-13-37(14-12-36)28-35-27-22(7-4-8-23(27)30)25(17-26(39)40-2)38(28)21-6-3-5-19(15-21)29(32,33)34/h3-8,10,15-16,18,25H,9,11-14,17H2,1-2H3. The molecule has 0 spiro atoms. The highest BCUT2D eigenvalue weighted by molar-refractivity contribution is 6.01. The van der Waals surface area contributed by atoms with Crippen LogP contribution in [0.4, 0.5) is 33.3 Å². The van der Waals surface area contributed by atoms with E-state index >= 15 is 4.39 Å². The van der Waals surface area contributed by atoms with Crippen molar-refractivity contribution < 1.29 is 31.5 Å². The number of alkyl halides is 3. The summed E-state index contributed by atoms with van der Waals surface area (Å²) in [6, 6.07) is 8.25. The average Bonchev–Trinajstić information content (AvgIpc) is 2.94. The number of ether oxygens (including phenoxy) is 1. The Kier molecular flexibility index (Phi) is 7.57. The lowest BCUT2D eigenvalue weighted by molar-refractivity contribution is -0.141. The van der Waals surface area contributed by atoms with Crippen LogP contribution in [-0.4, -0.2) is 55.0 Å². The summed E-state index contributed by atoms with van der Waals surface area (Å²) < 4.78 is 75.3. The minimum Gasteiger partial charge on any atom is -0.469 e. The third-order valence-corrected chi connectivity index (χ3v) is 7.52. The van der Waals surface area contributed by atoms with Crippen LogP contribution >= 0.6 is 0 Å². The highest BCUT2D eigenvalue weighted by atomic mass is 19.4. The summed E-state index contributed by atoms with van der Waals surface area (Å²) in [6.45, 7) is 3.59. The molecule has 2 aromatic rings. The Morgan fingerprint density at radius 1 is 1.05 bits per heavy atom. The van der Waals surface area contributed by atoms with Crippen LogP contribution in [0.15, 0.2) is 71.1 Å². The van der Waals surface area contributed by atoms with Gasteiger partial charge in [0, 0.05) is 49.0 Å². The average molecular weight is 561 g/mol. The van der Waals surface area contributed by atoms with E-state index in [9.17, 15) is 22.4 Å². The quantitative estimate of drug-likeness (QED) is 0.322. The second-order valence-corrected chi connectivity index (χ2v) is 10.1. The lowest BCUT2D eigenvalue weighted by Gasteiger charge is -2.45. The second kappa shape index (κ2) is 10.9. The predicted molar refractivity (Wildman–Crippen MR) is 141 cm³/mol. The Labute approximate surface area is 229 Å². The first-order valence-corrected chi connectivity index (χ1v) is 13.0. The molecule has 11 heteroatoms. The van der Waals surface area contributed by atoms with Gasteiger partial charge in [0.2, 0.25) is 5.96 Å². The zero-order chi connectivity index (χ0) is 28.6. The summed E-state index contributed by atoms with van der Waals surface area (Å²) in [4.78, 5) is 22.6. The van der Waals surface area contributed by atoms with Crippen LogP contribution in [0.3, 0.4) is 0 Å². The second-order valence-electron chi connectivity index (χ2n) is 10.1. The largest absolute Gasteiger partial charge is 0.469 e. The molecule has 2 aliphatic heterocycles. The molecule has 40 heavy (non-hydrogen) atoms.